The Hall–Kier alpha value is -1.00. The molecule has 1 amide bonds. The third kappa shape index (κ3) is 3.50. The minimum atomic E-state index is 0.0538. The van der Waals surface area contributed by atoms with E-state index in [9.17, 15) is 4.79 Å². The molecule has 1 fully saturated rings. The van der Waals surface area contributed by atoms with Crippen LogP contribution >= 0.6 is 11.8 Å². The van der Waals surface area contributed by atoms with Gasteiger partial charge in [0.2, 0.25) is 5.91 Å². The van der Waals surface area contributed by atoms with Crippen LogP contribution in [0.2, 0.25) is 0 Å². The smallest absolute Gasteiger partial charge is 0.233 e. The molecule has 1 N–H and O–H groups in total. The normalized spacial score (nSPS) is 15.2. The fourth-order valence-electron chi connectivity index (χ4n) is 2.06. The number of rotatable bonds is 6. The summed E-state index contributed by atoms with van der Waals surface area (Å²) in [5.74, 6) is 0.600. The summed E-state index contributed by atoms with van der Waals surface area (Å²) in [6.45, 7) is 0.525. The molecule has 0 spiro atoms. The number of benzene rings is 1. The van der Waals surface area contributed by atoms with Gasteiger partial charge in [0, 0.05) is 17.5 Å². The Morgan fingerprint density at radius 1 is 1.33 bits per heavy atom. The van der Waals surface area contributed by atoms with Crippen molar-refractivity contribution in [2.75, 3.05) is 18.9 Å². The Kier molecular flexibility index (Phi) is 5.08. The third-order valence-corrected chi connectivity index (χ3v) is 4.28. The molecule has 98 valence electrons. The first kappa shape index (κ1) is 13.4. The second-order valence-corrected chi connectivity index (χ2v) is 5.55. The highest BCUT2D eigenvalue weighted by Crippen LogP contribution is 2.26. The average Bonchev–Trinajstić information content (AvgIpc) is 2.34. The standard InChI is InChI=1S/C14H19NO2S/c16-10-9-15(12-5-4-6-12)14(17)11-18-13-7-2-1-3-8-13/h1-3,7-8,12,16H,4-6,9-11H2. The van der Waals surface area contributed by atoms with Gasteiger partial charge in [0.25, 0.3) is 0 Å². The Morgan fingerprint density at radius 2 is 2.06 bits per heavy atom. The van der Waals surface area contributed by atoms with Gasteiger partial charge >= 0.3 is 0 Å². The quantitative estimate of drug-likeness (QED) is 0.801. The highest BCUT2D eigenvalue weighted by Gasteiger charge is 2.27. The average molecular weight is 265 g/mol. The van der Waals surface area contributed by atoms with Crippen molar-refractivity contribution in [3.63, 3.8) is 0 Å². The molecule has 0 bridgehead atoms. The number of amides is 1. The van der Waals surface area contributed by atoms with Gasteiger partial charge in [-0.2, -0.15) is 0 Å². The van der Waals surface area contributed by atoms with E-state index in [1.165, 1.54) is 6.42 Å². The van der Waals surface area contributed by atoms with E-state index < -0.39 is 0 Å². The molecule has 1 saturated carbocycles. The summed E-state index contributed by atoms with van der Waals surface area (Å²) < 4.78 is 0. The van der Waals surface area contributed by atoms with Crippen LogP contribution in [-0.2, 0) is 4.79 Å². The maximum absolute atomic E-state index is 12.1. The lowest BCUT2D eigenvalue weighted by Crippen LogP contribution is -2.46. The van der Waals surface area contributed by atoms with Crippen LogP contribution in [0.1, 0.15) is 19.3 Å². The van der Waals surface area contributed by atoms with Crippen molar-refractivity contribution in [2.24, 2.45) is 0 Å². The molecule has 18 heavy (non-hydrogen) atoms. The lowest BCUT2D eigenvalue weighted by molar-refractivity contribution is -0.132. The number of aliphatic hydroxyl groups excluding tert-OH is 1. The summed E-state index contributed by atoms with van der Waals surface area (Å²) in [5, 5.41) is 9.04. The molecule has 4 heteroatoms. The Morgan fingerprint density at radius 3 is 2.61 bits per heavy atom. The van der Waals surface area contributed by atoms with E-state index in [0.29, 0.717) is 18.3 Å². The Balaban J connectivity index is 1.85. The molecular weight excluding hydrogens is 246 g/mol. The van der Waals surface area contributed by atoms with E-state index in [4.69, 9.17) is 5.11 Å². The van der Waals surface area contributed by atoms with Crippen LogP contribution in [-0.4, -0.2) is 40.9 Å². The van der Waals surface area contributed by atoms with Gasteiger partial charge in [-0.1, -0.05) is 18.2 Å². The maximum atomic E-state index is 12.1. The number of hydrogen-bond acceptors (Lipinski definition) is 3. The van der Waals surface area contributed by atoms with E-state index in [1.54, 1.807) is 11.8 Å². The molecule has 1 aromatic rings. The third-order valence-electron chi connectivity index (χ3n) is 3.28. The second-order valence-electron chi connectivity index (χ2n) is 4.50. The molecule has 0 aromatic heterocycles. The second kappa shape index (κ2) is 6.81. The van der Waals surface area contributed by atoms with Crippen molar-refractivity contribution in [2.45, 2.75) is 30.2 Å². The van der Waals surface area contributed by atoms with Gasteiger partial charge in [0.15, 0.2) is 0 Å². The van der Waals surface area contributed by atoms with Crippen LogP contribution < -0.4 is 0 Å². The predicted octanol–water partition coefficient (Wildman–Crippen LogP) is 2.15. The lowest BCUT2D eigenvalue weighted by Gasteiger charge is -2.37. The molecule has 1 aliphatic rings. The number of thioether (sulfide) groups is 1. The molecular formula is C14H19NO2S. The Bertz CT molecular complexity index is 379. The summed E-state index contributed by atoms with van der Waals surface area (Å²) >= 11 is 1.56. The minimum Gasteiger partial charge on any atom is -0.395 e. The fourth-order valence-corrected chi connectivity index (χ4v) is 2.87. The van der Waals surface area contributed by atoms with Gasteiger partial charge in [-0.25, -0.2) is 0 Å². The predicted molar refractivity (Wildman–Crippen MR) is 73.6 cm³/mol. The first-order valence-corrected chi connectivity index (χ1v) is 7.38. The first-order valence-electron chi connectivity index (χ1n) is 6.39. The topological polar surface area (TPSA) is 40.5 Å². The van der Waals surface area contributed by atoms with Crippen molar-refractivity contribution in [3.8, 4) is 0 Å². The number of carbonyl (C=O) groups excluding carboxylic acids is 1. The summed E-state index contributed by atoms with van der Waals surface area (Å²) in [7, 11) is 0. The van der Waals surface area contributed by atoms with Crippen LogP contribution in [0.4, 0.5) is 0 Å². The number of hydrogen-bond donors (Lipinski definition) is 1. The zero-order valence-corrected chi connectivity index (χ0v) is 11.2. The SMILES string of the molecule is O=C(CSc1ccccc1)N(CCO)C1CCC1. The molecule has 0 unspecified atom stereocenters. The molecule has 3 nitrogen and oxygen atoms in total. The molecule has 1 aliphatic carbocycles. The minimum absolute atomic E-state index is 0.0538. The summed E-state index contributed by atoms with van der Waals surface area (Å²) in [6.07, 6.45) is 3.37. The fraction of sp³-hybridized carbons (Fsp3) is 0.500. The Labute approximate surface area is 112 Å². The number of nitrogens with zero attached hydrogens (tertiary/aromatic N) is 1. The van der Waals surface area contributed by atoms with Crippen LogP contribution in [0, 0.1) is 0 Å². The monoisotopic (exact) mass is 265 g/mol. The number of carbonyl (C=O) groups is 1. The summed E-state index contributed by atoms with van der Waals surface area (Å²) in [5.41, 5.74) is 0. The van der Waals surface area contributed by atoms with Gasteiger partial charge in [-0.3, -0.25) is 4.79 Å². The highest BCUT2D eigenvalue weighted by atomic mass is 32.2. The van der Waals surface area contributed by atoms with Crippen molar-refractivity contribution >= 4 is 17.7 Å². The summed E-state index contributed by atoms with van der Waals surface area (Å²) in [6, 6.07) is 10.3. The van der Waals surface area contributed by atoms with Crippen molar-refractivity contribution < 1.29 is 9.90 Å². The van der Waals surface area contributed by atoms with Crippen molar-refractivity contribution in [3.05, 3.63) is 30.3 Å². The van der Waals surface area contributed by atoms with Gasteiger partial charge in [0.05, 0.1) is 12.4 Å². The van der Waals surface area contributed by atoms with Crippen LogP contribution in [0.3, 0.4) is 0 Å². The zero-order chi connectivity index (χ0) is 12.8. The van der Waals surface area contributed by atoms with Crippen molar-refractivity contribution in [1.82, 2.24) is 4.90 Å². The largest absolute Gasteiger partial charge is 0.395 e. The van der Waals surface area contributed by atoms with Crippen molar-refractivity contribution in [1.29, 1.82) is 0 Å². The summed E-state index contributed by atoms with van der Waals surface area (Å²) in [4.78, 5) is 15.1. The van der Waals surface area contributed by atoms with Gasteiger partial charge < -0.3 is 10.0 Å². The van der Waals surface area contributed by atoms with Gasteiger partial charge in [-0.15, -0.1) is 11.8 Å². The molecule has 0 radical (unpaired) electrons. The van der Waals surface area contributed by atoms with Crippen LogP contribution in [0.15, 0.2) is 35.2 Å². The highest BCUT2D eigenvalue weighted by molar-refractivity contribution is 8.00. The molecule has 1 aromatic carbocycles. The molecule has 2 rings (SSSR count). The van der Waals surface area contributed by atoms with E-state index in [0.717, 1.165) is 17.7 Å². The van der Waals surface area contributed by atoms with E-state index >= 15 is 0 Å². The van der Waals surface area contributed by atoms with Gasteiger partial charge in [-0.05, 0) is 31.4 Å². The van der Waals surface area contributed by atoms with Gasteiger partial charge in [0.1, 0.15) is 0 Å². The van der Waals surface area contributed by atoms with E-state index in [1.807, 2.05) is 35.2 Å². The molecule has 0 aliphatic heterocycles. The van der Waals surface area contributed by atoms with E-state index in [-0.39, 0.29) is 12.5 Å². The lowest BCUT2D eigenvalue weighted by atomic mass is 9.91. The van der Waals surface area contributed by atoms with Crippen LogP contribution in [0.25, 0.3) is 0 Å². The number of aliphatic hydroxyl groups is 1. The zero-order valence-electron chi connectivity index (χ0n) is 10.4. The maximum Gasteiger partial charge on any atom is 0.233 e. The van der Waals surface area contributed by atoms with Crippen LogP contribution in [0.5, 0.6) is 0 Å². The molecule has 0 heterocycles. The molecule has 0 saturated heterocycles. The van der Waals surface area contributed by atoms with E-state index in [2.05, 4.69) is 0 Å². The first-order chi connectivity index (χ1) is 8.81. The molecule has 0 atom stereocenters.